The Hall–Kier alpha value is -0.773. The van der Waals surface area contributed by atoms with Crippen LogP contribution in [0.25, 0.3) is 0 Å². The Labute approximate surface area is 171 Å². The van der Waals surface area contributed by atoms with Crippen LogP contribution in [0.1, 0.15) is 46.1 Å². The molecule has 1 aliphatic heterocycles. The third-order valence-electron chi connectivity index (χ3n) is 6.62. The molecule has 0 aromatic heterocycles. The van der Waals surface area contributed by atoms with Crippen molar-refractivity contribution in [2.24, 2.45) is 17.8 Å². The van der Waals surface area contributed by atoms with E-state index in [1.807, 2.05) is 0 Å². The van der Waals surface area contributed by atoms with E-state index < -0.39 is 8.24 Å². The molecule has 1 fully saturated rings. The molecule has 1 heterocycles. The molecule has 3 aliphatic rings. The summed E-state index contributed by atoms with van der Waals surface area (Å²) in [4.78, 5) is 5.66. The van der Waals surface area contributed by atoms with Crippen LogP contribution >= 0.6 is 11.8 Å². The summed E-state index contributed by atoms with van der Waals surface area (Å²) in [5.74, 6) is 2.63. The molecule has 0 bridgehead atoms. The predicted molar refractivity (Wildman–Crippen MR) is 122 cm³/mol. The Balaban J connectivity index is 1.78. The summed E-state index contributed by atoms with van der Waals surface area (Å²) in [5, 5.41) is 0.710. The van der Waals surface area contributed by atoms with E-state index in [1.165, 1.54) is 4.90 Å². The molecule has 1 aromatic carbocycles. The number of thioether (sulfide) groups is 1. The SMILES string of the molecule is CC(C)C1=CC2C(C=C1)C1c3ccccc3SC1C2[Si](C)(C)NC(C)(C)C. The third kappa shape index (κ3) is 3.40. The molecule has 2 aliphatic carbocycles. The van der Waals surface area contributed by atoms with Gasteiger partial charge in [0.1, 0.15) is 8.24 Å². The fourth-order valence-electron chi connectivity index (χ4n) is 5.97. The number of fused-ring (bicyclic) bond motifs is 5. The van der Waals surface area contributed by atoms with Crippen molar-refractivity contribution in [3.8, 4) is 0 Å². The molecule has 5 atom stereocenters. The zero-order valence-electron chi connectivity index (χ0n) is 17.9. The van der Waals surface area contributed by atoms with Gasteiger partial charge in [-0.15, -0.1) is 11.8 Å². The van der Waals surface area contributed by atoms with E-state index in [4.69, 9.17) is 0 Å². The molecule has 3 heteroatoms. The van der Waals surface area contributed by atoms with Gasteiger partial charge in [0.15, 0.2) is 0 Å². The van der Waals surface area contributed by atoms with Crippen molar-refractivity contribution >= 4 is 20.0 Å². The third-order valence-corrected chi connectivity index (χ3v) is 12.1. The molecule has 146 valence electrons. The normalized spacial score (nSPS) is 32.3. The molecule has 1 nitrogen and oxygen atoms in total. The lowest BCUT2D eigenvalue weighted by atomic mass is 9.79. The van der Waals surface area contributed by atoms with Gasteiger partial charge in [0, 0.05) is 21.6 Å². The molecule has 0 saturated heterocycles. The average molecular weight is 398 g/mol. The average Bonchev–Trinajstić information content (AvgIpc) is 3.05. The minimum Gasteiger partial charge on any atom is -0.332 e. The first kappa shape index (κ1) is 19.5. The highest BCUT2D eigenvalue weighted by molar-refractivity contribution is 8.00. The summed E-state index contributed by atoms with van der Waals surface area (Å²) in [5.41, 5.74) is 4.08. The lowest BCUT2D eigenvalue weighted by Crippen LogP contribution is -2.59. The second-order valence-electron chi connectivity index (χ2n) is 10.6. The monoisotopic (exact) mass is 397 g/mol. The van der Waals surface area contributed by atoms with Gasteiger partial charge in [0.25, 0.3) is 0 Å². The highest BCUT2D eigenvalue weighted by Gasteiger charge is 2.58. The first-order chi connectivity index (χ1) is 12.6. The van der Waals surface area contributed by atoms with Gasteiger partial charge in [-0.25, -0.2) is 0 Å². The predicted octanol–water partition coefficient (Wildman–Crippen LogP) is 6.61. The number of nitrogens with one attached hydrogen (secondary N) is 1. The van der Waals surface area contributed by atoms with Gasteiger partial charge in [0.2, 0.25) is 0 Å². The number of benzene rings is 1. The molecule has 0 radical (unpaired) electrons. The second kappa shape index (κ2) is 6.64. The molecule has 0 spiro atoms. The van der Waals surface area contributed by atoms with Crippen molar-refractivity contribution in [2.45, 2.75) is 74.9 Å². The van der Waals surface area contributed by atoms with Crippen LogP contribution in [0.4, 0.5) is 0 Å². The fourth-order valence-corrected chi connectivity index (χ4v) is 13.2. The van der Waals surface area contributed by atoms with E-state index in [0.29, 0.717) is 28.9 Å². The second-order valence-corrected chi connectivity index (χ2v) is 16.2. The summed E-state index contributed by atoms with van der Waals surface area (Å²) >= 11 is 2.17. The van der Waals surface area contributed by atoms with Crippen LogP contribution in [0.2, 0.25) is 18.6 Å². The van der Waals surface area contributed by atoms with Gasteiger partial charge in [0.05, 0.1) is 0 Å². The summed E-state index contributed by atoms with van der Waals surface area (Å²) < 4.78 is 0. The van der Waals surface area contributed by atoms with E-state index in [-0.39, 0.29) is 5.54 Å². The van der Waals surface area contributed by atoms with Gasteiger partial charge in [-0.3, -0.25) is 0 Å². The summed E-state index contributed by atoms with van der Waals surface area (Å²) in [7, 11) is -1.65. The van der Waals surface area contributed by atoms with Gasteiger partial charge in [-0.2, -0.15) is 0 Å². The van der Waals surface area contributed by atoms with E-state index in [9.17, 15) is 0 Å². The minimum absolute atomic E-state index is 0.175. The first-order valence-electron chi connectivity index (χ1n) is 10.5. The maximum absolute atomic E-state index is 4.13. The Morgan fingerprint density at radius 3 is 2.44 bits per heavy atom. The largest absolute Gasteiger partial charge is 0.332 e. The quantitative estimate of drug-likeness (QED) is 0.576. The topological polar surface area (TPSA) is 12.0 Å². The zero-order valence-corrected chi connectivity index (χ0v) is 19.7. The smallest absolute Gasteiger partial charge is 0.124 e. The van der Waals surface area contributed by atoms with Crippen LogP contribution < -0.4 is 4.98 Å². The minimum atomic E-state index is -1.65. The Morgan fingerprint density at radius 2 is 1.78 bits per heavy atom. The number of rotatable bonds is 3. The lowest BCUT2D eigenvalue weighted by Gasteiger charge is -2.42. The lowest BCUT2D eigenvalue weighted by molar-refractivity contribution is 0.475. The highest BCUT2D eigenvalue weighted by Crippen LogP contribution is 2.66. The Kier molecular flexibility index (Phi) is 4.80. The Bertz CT molecular complexity index is 786. The van der Waals surface area contributed by atoms with Crippen LogP contribution in [-0.4, -0.2) is 19.0 Å². The molecule has 1 N–H and O–H groups in total. The maximum atomic E-state index is 4.13. The zero-order chi connectivity index (χ0) is 19.6. The van der Waals surface area contributed by atoms with Gasteiger partial charge < -0.3 is 4.98 Å². The molecule has 4 rings (SSSR count). The van der Waals surface area contributed by atoms with Crippen LogP contribution in [0.5, 0.6) is 0 Å². The molecule has 5 unspecified atom stereocenters. The van der Waals surface area contributed by atoms with E-state index in [1.54, 1.807) is 11.1 Å². The number of allylic oxidation sites excluding steroid dienone is 4. The maximum Gasteiger partial charge on any atom is 0.124 e. The van der Waals surface area contributed by atoms with Crippen molar-refractivity contribution in [1.29, 1.82) is 0 Å². The molecular formula is C24H35NSSi. The molecule has 1 aromatic rings. The number of hydrogen-bond donors (Lipinski definition) is 1. The van der Waals surface area contributed by atoms with Crippen LogP contribution in [0.3, 0.4) is 0 Å². The van der Waals surface area contributed by atoms with Crippen LogP contribution in [0, 0.1) is 17.8 Å². The first-order valence-corrected chi connectivity index (χ1v) is 14.5. The number of hydrogen-bond acceptors (Lipinski definition) is 2. The standard InChI is InChI=1S/C24H35NSSi/c1-15(2)16-12-13-17-19(14-16)23(27(6,7)25-24(3,4)5)22-21(17)18-10-8-9-11-20(18)26-22/h8-15,17,19,21-23,25H,1-7H3. The van der Waals surface area contributed by atoms with E-state index in [0.717, 1.165) is 5.54 Å². The molecule has 0 amide bonds. The molecular weight excluding hydrogens is 362 g/mol. The van der Waals surface area contributed by atoms with E-state index >= 15 is 0 Å². The van der Waals surface area contributed by atoms with Gasteiger partial charge in [-0.1, -0.05) is 63.4 Å². The van der Waals surface area contributed by atoms with Crippen LogP contribution in [0.15, 0.2) is 53.0 Å². The van der Waals surface area contributed by atoms with Crippen molar-refractivity contribution in [3.63, 3.8) is 0 Å². The summed E-state index contributed by atoms with van der Waals surface area (Å²) in [6.07, 6.45) is 7.67. The fraction of sp³-hybridized carbons (Fsp3) is 0.583. The Morgan fingerprint density at radius 1 is 1.07 bits per heavy atom. The van der Waals surface area contributed by atoms with Gasteiger partial charge in [-0.05, 0) is 61.3 Å². The summed E-state index contributed by atoms with van der Waals surface area (Å²) in [6, 6.07) is 9.19. The molecule has 27 heavy (non-hydrogen) atoms. The van der Waals surface area contributed by atoms with Crippen molar-refractivity contribution < 1.29 is 0 Å². The van der Waals surface area contributed by atoms with Crippen molar-refractivity contribution in [1.82, 2.24) is 4.98 Å². The molecule has 1 saturated carbocycles. The van der Waals surface area contributed by atoms with Gasteiger partial charge >= 0.3 is 0 Å². The highest BCUT2D eigenvalue weighted by atomic mass is 32.2. The van der Waals surface area contributed by atoms with Crippen LogP contribution in [-0.2, 0) is 0 Å². The van der Waals surface area contributed by atoms with E-state index in [2.05, 4.69) is 107 Å². The van der Waals surface area contributed by atoms with Crippen molar-refractivity contribution in [3.05, 3.63) is 53.6 Å². The summed E-state index contributed by atoms with van der Waals surface area (Å²) in [6.45, 7) is 16.8. The van der Waals surface area contributed by atoms with Crippen molar-refractivity contribution in [2.75, 3.05) is 0 Å².